The predicted octanol–water partition coefficient (Wildman–Crippen LogP) is 1.08. The standard InChI is InChI=1S/C21H29O9P/c1-19-9-15(24)18-13(14(19)5-6-21(19,26)16(25)10-22)4-3-11-7-12(23)8-17(20(11,18)2)30-31(27,28)29/h7,13-14,17-18,22,26H,3-6,8-10H2,1-2H3,(H2,27,28,29)/t13-,14-,17?,18+,19-,20+,21-/m0/s1. The zero-order chi connectivity index (χ0) is 23.0. The number of aliphatic hydroxyl groups is 2. The molecular formula is C21H29O9P. The number of carbonyl (C=O) groups excluding carboxylic acids is 3. The molecule has 9 nitrogen and oxygen atoms in total. The van der Waals surface area contributed by atoms with Crippen LogP contribution in [0.25, 0.3) is 0 Å². The van der Waals surface area contributed by atoms with E-state index in [2.05, 4.69) is 0 Å². The Hall–Kier alpha value is -1.22. The van der Waals surface area contributed by atoms with Crippen LogP contribution in [-0.2, 0) is 23.5 Å². The highest BCUT2D eigenvalue weighted by atomic mass is 31.2. The monoisotopic (exact) mass is 456 g/mol. The van der Waals surface area contributed by atoms with E-state index in [1.165, 1.54) is 6.08 Å². The molecule has 4 aliphatic rings. The van der Waals surface area contributed by atoms with Crippen molar-refractivity contribution in [1.82, 2.24) is 0 Å². The minimum absolute atomic E-state index is 0.0828. The SMILES string of the molecule is C[C@]12CC(=O)[C@H]3[C@@H](CCC4=CC(=O)CC(OP(=O)(O)O)[C@@]43C)[C@@H]1CC[C@]2(O)C(=O)CO. The molecule has 0 aromatic carbocycles. The second kappa shape index (κ2) is 7.14. The van der Waals surface area contributed by atoms with Crippen LogP contribution < -0.4 is 0 Å². The summed E-state index contributed by atoms with van der Waals surface area (Å²) in [6, 6.07) is 0. The molecule has 3 fully saturated rings. The van der Waals surface area contributed by atoms with Crippen LogP contribution in [0.5, 0.6) is 0 Å². The van der Waals surface area contributed by atoms with Crippen LogP contribution in [0.3, 0.4) is 0 Å². The van der Waals surface area contributed by atoms with E-state index in [0.717, 1.165) is 0 Å². The van der Waals surface area contributed by atoms with Gasteiger partial charge in [-0.1, -0.05) is 19.4 Å². The van der Waals surface area contributed by atoms with Gasteiger partial charge in [0.15, 0.2) is 11.6 Å². The zero-order valence-electron chi connectivity index (χ0n) is 17.6. The van der Waals surface area contributed by atoms with E-state index in [1.807, 2.05) is 0 Å². The number of carbonyl (C=O) groups is 3. The molecule has 0 spiro atoms. The number of aliphatic hydroxyl groups excluding tert-OH is 1. The Morgan fingerprint density at radius 2 is 1.94 bits per heavy atom. The molecule has 3 saturated carbocycles. The van der Waals surface area contributed by atoms with Gasteiger partial charge < -0.3 is 20.0 Å². The molecule has 4 aliphatic carbocycles. The first kappa shape index (κ1) is 23.0. The number of ketones is 3. The lowest BCUT2D eigenvalue weighted by molar-refractivity contribution is -0.174. The van der Waals surface area contributed by atoms with Crippen molar-refractivity contribution < 1.29 is 43.5 Å². The molecule has 0 aromatic heterocycles. The molecule has 0 aromatic rings. The maximum atomic E-state index is 13.6. The fourth-order valence-electron chi connectivity index (χ4n) is 7.30. The highest BCUT2D eigenvalue weighted by molar-refractivity contribution is 7.46. The van der Waals surface area contributed by atoms with Gasteiger partial charge in [0.2, 0.25) is 0 Å². The zero-order valence-corrected chi connectivity index (χ0v) is 18.5. The van der Waals surface area contributed by atoms with Gasteiger partial charge in [-0.3, -0.25) is 18.9 Å². The van der Waals surface area contributed by atoms with Crippen molar-refractivity contribution in [2.45, 2.75) is 64.1 Å². The number of hydrogen-bond acceptors (Lipinski definition) is 7. The summed E-state index contributed by atoms with van der Waals surface area (Å²) in [5.41, 5.74) is -3.20. The van der Waals surface area contributed by atoms with Crippen LogP contribution in [0.2, 0.25) is 0 Å². The van der Waals surface area contributed by atoms with Gasteiger partial charge in [0.25, 0.3) is 0 Å². The molecule has 4 N–H and O–H groups in total. The van der Waals surface area contributed by atoms with Crippen molar-refractivity contribution in [3.05, 3.63) is 11.6 Å². The molecule has 0 aliphatic heterocycles. The third kappa shape index (κ3) is 3.16. The second-order valence-electron chi connectivity index (χ2n) is 10.0. The Morgan fingerprint density at radius 3 is 2.55 bits per heavy atom. The second-order valence-corrected chi connectivity index (χ2v) is 11.2. The minimum atomic E-state index is -4.91. The van der Waals surface area contributed by atoms with Crippen molar-refractivity contribution in [1.29, 1.82) is 0 Å². The Balaban J connectivity index is 1.78. The lowest BCUT2D eigenvalue weighted by Gasteiger charge is -2.59. The summed E-state index contributed by atoms with van der Waals surface area (Å²) in [5, 5.41) is 20.6. The molecule has 0 saturated heterocycles. The summed E-state index contributed by atoms with van der Waals surface area (Å²) in [6.07, 6.45) is 1.74. The van der Waals surface area contributed by atoms with E-state index >= 15 is 0 Å². The summed E-state index contributed by atoms with van der Waals surface area (Å²) in [6.45, 7) is 2.67. The average Bonchev–Trinajstić information content (AvgIpc) is 2.92. The summed E-state index contributed by atoms with van der Waals surface area (Å²) >= 11 is 0. The number of phosphoric ester groups is 1. The molecule has 7 atom stereocenters. The van der Waals surface area contributed by atoms with Crippen LogP contribution in [0.1, 0.15) is 52.4 Å². The fraction of sp³-hybridized carbons (Fsp3) is 0.762. The molecule has 31 heavy (non-hydrogen) atoms. The van der Waals surface area contributed by atoms with Crippen molar-refractivity contribution in [3.8, 4) is 0 Å². The molecular weight excluding hydrogens is 427 g/mol. The molecule has 0 amide bonds. The van der Waals surface area contributed by atoms with Gasteiger partial charge in [-0.25, -0.2) is 4.57 Å². The average molecular weight is 456 g/mol. The molecule has 0 bridgehead atoms. The van der Waals surface area contributed by atoms with Gasteiger partial charge >= 0.3 is 7.82 Å². The molecule has 0 radical (unpaired) electrons. The van der Waals surface area contributed by atoms with Crippen molar-refractivity contribution in [3.63, 3.8) is 0 Å². The Morgan fingerprint density at radius 1 is 1.26 bits per heavy atom. The summed E-state index contributed by atoms with van der Waals surface area (Å²) in [7, 11) is -4.91. The lowest BCUT2D eigenvalue weighted by Crippen LogP contribution is -2.62. The van der Waals surface area contributed by atoms with Crippen LogP contribution in [0, 0.1) is 28.6 Å². The normalized spacial score (nSPS) is 44.9. The van der Waals surface area contributed by atoms with Gasteiger partial charge in [-0.2, -0.15) is 0 Å². The van der Waals surface area contributed by atoms with Gasteiger partial charge in [0.05, 0.1) is 6.10 Å². The largest absolute Gasteiger partial charge is 0.469 e. The highest BCUT2D eigenvalue weighted by Gasteiger charge is 2.69. The van der Waals surface area contributed by atoms with E-state index < -0.39 is 48.7 Å². The van der Waals surface area contributed by atoms with Crippen molar-refractivity contribution >= 4 is 25.2 Å². The van der Waals surface area contributed by atoms with Gasteiger partial charge in [0.1, 0.15) is 18.0 Å². The number of rotatable bonds is 4. The van der Waals surface area contributed by atoms with E-state index in [4.69, 9.17) is 4.52 Å². The van der Waals surface area contributed by atoms with Crippen molar-refractivity contribution in [2.75, 3.05) is 6.61 Å². The lowest BCUT2D eigenvalue weighted by atomic mass is 9.45. The molecule has 4 rings (SSSR count). The van der Waals surface area contributed by atoms with Crippen LogP contribution in [-0.4, -0.2) is 55.7 Å². The Bertz CT molecular complexity index is 922. The minimum Gasteiger partial charge on any atom is -0.388 e. The van der Waals surface area contributed by atoms with E-state index in [-0.39, 0.29) is 42.7 Å². The van der Waals surface area contributed by atoms with Crippen LogP contribution in [0.15, 0.2) is 11.6 Å². The maximum absolute atomic E-state index is 13.6. The first-order valence-electron chi connectivity index (χ1n) is 10.6. The summed E-state index contributed by atoms with van der Waals surface area (Å²) < 4.78 is 16.7. The van der Waals surface area contributed by atoms with Crippen molar-refractivity contribution in [2.24, 2.45) is 28.6 Å². The van der Waals surface area contributed by atoms with Gasteiger partial charge in [-0.05, 0) is 43.6 Å². The summed E-state index contributed by atoms with van der Waals surface area (Å²) in [4.78, 5) is 57.2. The first-order valence-corrected chi connectivity index (χ1v) is 12.2. The maximum Gasteiger partial charge on any atom is 0.469 e. The molecule has 10 heteroatoms. The fourth-order valence-corrected chi connectivity index (χ4v) is 7.93. The Kier molecular flexibility index (Phi) is 5.29. The van der Waals surface area contributed by atoms with E-state index in [1.54, 1.807) is 13.8 Å². The van der Waals surface area contributed by atoms with Crippen LogP contribution in [0.4, 0.5) is 0 Å². The quantitative estimate of drug-likeness (QED) is 0.454. The molecule has 172 valence electrons. The Labute approximate surface area is 180 Å². The number of phosphoric acid groups is 1. The highest BCUT2D eigenvalue weighted by Crippen LogP contribution is 2.67. The smallest absolute Gasteiger partial charge is 0.388 e. The summed E-state index contributed by atoms with van der Waals surface area (Å²) in [5.74, 6) is -2.23. The molecule has 0 heterocycles. The first-order chi connectivity index (χ1) is 14.3. The third-order valence-electron chi connectivity index (χ3n) is 8.76. The number of hydrogen-bond donors (Lipinski definition) is 4. The third-order valence-corrected chi connectivity index (χ3v) is 9.29. The molecule has 1 unspecified atom stereocenters. The van der Waals surface area contributed by atoms with Gasteiger partial charge in [-0.15, -0.1) is 0 Å². The number of fused-ring (bicyclic) bond motifs is 5. The van der Waals surface area contributed by atoms with Crippen LogP contribution >= 0.6 is 7.82 Å². The topological polar surface area (TPSA) is 158 Å². The predicted molar refractivity (Wildman–Crippen MR) is 106 cm³/mol. The van der Waals surface area contributed by atoms with E-state index in [0.29, 0.717) is 24.8 Å². The van der Waals surface area contributed by atoms with Gasteiger partial charge in [0, 0.05) is 29.6 Å². The number of Topliss-reactive ketones (excluding diaryl/α,β-unsaturated/α-hetero) is 2. The van der Waals surface area contributed by atoms with E-state index in [9.17, 15) is 38.9 Å².